The Kier molecular flexibility index (Phi) is 5.06. The van der Waals surface area contributed by atoms with Crippen molar-refractivity contribution in [3.05, 3.63) is 0 Å². The second-order valence-electron chi connectivity index (χ2n) is 2.17. The molecule has 0 amide bonds. The van der Waals surface area contributed by atoms with Gasteiger partial charge in [-0.25, -0.2) is 13.1 Å². The normalized spacial score (nSPS) is 11.4. The molecule has 66 valence electrons. The van der Waals surface area contributed by atoms with Crippen molar-refractivity contribution in [1.29, 1.82) is 0 Å². The molecule has 0 aromatic carbocycles. The quantitative estimate of drug-likeness (QED) is 0.457. The Morgan fingerprint density at radius 3 is 2.55 bits per heavy atom. The number of carbonyl (C=O) groups is 1. The van der Waals surface area contributed by atoms with E-state index in [9.17, 15) is 13.2 Å². The molecule has 4 nitrogen and oxygen atoms in total. The predicted octanol–water partition coefficient (Wildman–Crippen LogP) is -0.0952. The van der Waals surface area contributed by atoms with Crippen LogP contribution in [-0.2, 0) is 14.8 Å². The molecule has 0 bridgehead atoms. The Morgan fingerprint density at radius 2 is 2.09 bits per heavy atom. The lowest BCUT2D eigenvalue weighted by atomic mass is 10.5. The van der Waals surface area contributed by atoms with E-state index in [1.54, 1.807) is 6.92 Å². The molecular formula is C6H13NO3S. The second kappa shape index (κ2) is 5.26. The maximum absolute atomic E-state index is 10.9. The molecule has 0 aliphatic rings. The van der Waals surface area contributed by atoms with Gasteiger partial charge in [0.15, 0.2) is 0 Å². The first-order valence-corrected chi connectivity index (χ1v) is 5.18. The Bertz CT molecular complexity index is 198. The molecule has 11 heavy (non-hydrogen) atoms. The maximum Gasteiger partial charge on any atom is 0.211 e. The average molecular weight is 179 g/mol. The van der Waals surface area contributed by atoms with E-state index in [-0.39, 0.29) is 18.7 Å². The van der Waals surface area contributed by atoms with Crippen LogP contribution >= 0.6 is 0 Å². The molecule has 0 spiro atoms. The molecule has 0 unspecified atom stereocenters. The van der Waals surface area contributed by atoms with Crippen LogP contribution in [0.4, 0.5) is 0 Å². The Balaban J connectivity index is 3.64. The summed E-state index contributed by atoms with van der Waals surface area (Å²) < 4.78 is 24.1. The van der Waals surface area contributed by atoms with Gasteiger partial charge in [-0.2, -0.15) is 0 Å². The number of aldehydes is 1. The lowest BCUT2D eigenvalue weighted by molar-refractivity contribution is -0.107. The molecule has 0 rings (SSSR count). The third-order valence-electron chi connectivity index (χ3n) is 1.06. The summed E-state index contributed by atoms with van der Waals surface area (Å²) in [5, 5.41) is 0. The van der Waals surface area contributed by atoms with Crippen LogP contribution in [-0.4, -0.2) is 27.0 Å². The van der Waals surface area contributed by atoms with Crippen molar-refractivity contribution in [2.45, 2.75) is 19.8 Å². The van der Waals surface area contributed by atoms with Crippen LogP contribution in [0.15, 0.2) is 0 Å². The molecule has 1 N–H and O–H groups in total. The molecule has 0 atom stereocenters. The van der Waals surface area contributed by atoms with Crippen molar-refractivity contribution in [2.24, 2.45) is 0 Å². The second-order valence-corrected chi connectivity index (χ2v) is 4.09. The van der Waals surface area contributed by atoms with Crippen molar-refractivity contribution in [1.82, 2.24) is 4.72 Å². The zero-order valence-corrected chi connectivity index (χ0v) is 7.36. The molecule has 0 fully saturated rings. The summed E-state index contributed by atoms with van der Waals surface area (Å²) in [5.74, 6) is 0.131. The van der Waals surface area contributed by atoms with E-state index in [0.29, 0.717) is 12.7 Å². The fourth-order valence-electron chi connectivity index (χ4n) is 0.614. The fraction of sp³-hybridized carbons (Fsp3) is 0.833. The summed E-state index contributed by atoms with van der Waals surface area (Å²) in [6, 6.07) is 0. The molecule has 0 heterocycles. The van der Waals surface area contributed by atoms with Gasteiger partial charge in [-0.15, -0.1) is 0 Å². The highest BCUT2D eigenvalue weighted by atomic mass is 32.2. The van der Waals surface area contributed by atoms with Gasteiger partial charge in [-0.1, -0.05) is 6.92 Å². The number of carbonyl (C=O) groups excluding carboxylic acids is 1. The molecule has 0 saturated carbocycles. The van der Waals surface area contributed by atoms with Gasteiger partial charge in [0, 0.05) is 13.0 Å². The van der Waals surface area contributed by atoms with Crippen molar-refractivity contribution in [3.8, 4) is 0 Å². The van der Waals surface area contributed by atoms with Gasteiger partial charge in [0.05, 0.1) is 5.75 Å². The summed E-state index contributed by atoms with van der Waals surface area (Å²) >= 11 is 0. The van der Waals surface area contributed by atoms with Gasteiger partial charge in [0.25, 0.3) is 0 Å². The first-order valence-electron chi connectivity index (χ1n) is 3.53. The standard InChI is InChI=1S/C6H13NO3S/c1-2-6-11(9,10)7-4-3-5-8/h5,7H,2-4,6H2,1H3. The zero-order chi connectivity index (χ0) is 8.74. The largest absolute Gasteiger partial charge is 0.303 e. The number of rotatable bonds is 6. The number of hydrogen-bond acceptors (Lipinski definition) is 3. The van der Waals surface area contributed by atoms with Crippen LogP contribution in [0.5, 0.6) is 0 Å². The van der Waals surface area contributed by atoms with Gasteiger partial charge < -0.3 is 4.79 Å². The number of sulfonamides is 1. The first-order chi connectivity index (χ1) is 5.12. The van der Waals surface area contributed by atoms with E-state index >= 15 is 0 Å². The van der Waals surface area contributed by atoms with Crippen LogP contribution in [0.25, 0.3) is 0 Å². The van der Waals surface area contributed by atoms with Crippen LogP contribution < -0.4 is 4.72 Å². The van der Waals surface area contributed by atoms with Crippen molar-refractivity contribution in [2.75, 3.05) is 12.3 Å². The minimum atomic E-state index is -3.11. The van der Waals surface area contributed by atoms with Gasteiger partial charge in [-0.3, -0.25) is 0 Å². The van der Waals surface area contributed by atoms with Gasteiger partial charge in [0.1, 0.15) is 6.29 Å². The number of nitrogens with one attached hydrogen (secondary N) is 1. The van der Waals surface area contributed by atoms with Gasteiger partial charge in [-0.05, 0) is 6.42 Å². The van der Waals surface area contributed by atoms with Crippen molar-refractivity contribution >= 4 is 16.3 Å². The van der Waals surface area contributed by atoms with E-state index in [1.165, 1.54) is 0 Å². The predicted molar refractivity (Wildman–Crippen MR) is 42.8 cm³/mol. The van der Waals surface area contributed by atoms with E-state index in [1.807, 2.05) is 0 Å². The molecule has 0 saturated heterocycles. The highest BCUT2D eigenvalue weighted by Gasteiger charge is 2.05. The Labute approximate surface area is 67.0 Å². The molecule has 0 aliphatic heterocycles. The van der Waals surface area contributed by atoms with Crippen molar-refractivity contribution < 1.29 is 13.2 Å². The molecule has 5 heteroatoms. The summed E-state index contributed by atoms with van der Waals surface area (Å²) in [6.45, 7) is 2.00. The molecule has 0 aromatic heterocycles. The summed E-state index contributed by atoms with van der Waals surface area (Å²) in [6.07, 6.45) is 1.52. The third kappa shape index (κ3) is 6.00. The maximum atomic E-state index is 10.9. The zero-order valence-electron chi connectivity index (χ0n) is 6.54. The minimum absolute atomic E-state index is 0.131. The Hall–Kier alpha value is -0.420. The molecule has 0 radical (unpaired) electrons. The van der Waals surface area contributed by atoms with E-state index in [0.717, 1.165) is 0 Å². The van der Waals surface area contributed by atoms with E-state index in [2.05, 4.69) is 4.72 Å². The Morgan fingerprint density at radius 1 is 1.45 bits per heavy atom. The van der Waals surface area contributed by atoms with Crippen LogP contribution in [0.2, 0.25) is 0 Å². The average Bonchev–Trinajstić information content (AvgIpc) is 1.87. The van der Waals surface area contributed by atoms with Gasteiger partial charge in [0.2, 0.25) is 10.0 Å². The first kappa shape index (κ1) is 10.6. The topological polar surface area (TPSA) is 63.2 Å². The summed E-state index contributed by atoms with van der Waals surface area (Å²) in [4.78, 5) is 9.81. The molecule has 0 aliphatic carbocycles. The van der Waals surface area contributed by atoms with Crippen LogP contribution in [0, 0.1) is 0 Å². The minimum Gasteiger partial charge on any atom is -0.303 e. The summed E-state index contributed by atoms with van der Waals surface area (Å²) in [5.41, 5.74) is 0. The molecular weight excluding hydrogens is 166 g/mol. The van der Waals surface area contributed by atoms with Crippen LogP contribution in [0.3, 0.4) is 0 Å². The molecule has 0 aromatic rings. The summed E-state index contributed by atoms with van der Waals surface area (Å²) in [7, 11) is -3.11. The smallest absolute Gasteiger partial charge is 0.211 e. The van der Waals surface area contributed by atoms with E-state index in [4.69, 9.17) is 0 Å². The lowest BCUT2D eigenvalue weighted by Gasteiger charge is -2.01. The lowest BCUT2D eigenvalue weighted by Crippen LogP contribution is -2.27. The fourth-order valence-corrected chi connectivity index (χ4v) is 1.72. The van der Waals surface area contributed by atoms with E-state index < -0.39 is 10.0 Å². The SMILES string of the molecule is CCCS(=O)(=O)NCCC=O. The monoisotopic (exact) mass is 179 g/mol. The highest BCUT2D eigenvalue weighted by Crippen LogP contribution is 1.87. The van der Waals surface area contributed by atoms with Crippen molar-refractivity contribution in [3.63, 3.8) is 0 Å². The van der Waals surface area contributed by atoms with Gasteiger partial charge >= 0.3 is 0 Å². The highest BCUT2D eigenvalue weighted by molar-refractivity contribution is 7.89. The third-order valence-corrected chi connectivity index (χ3v) is 2.65. The number of hydrogen-bond donors (Lipinski definition) is 1. The van der Waals surface area contributed by atoms with Crippen LogP contribution in [0.1, 0.15) is 19.8 Å².